The van der Waals surface area contributed by atoms with Gasteiger partial charge in [0.15, 0.2) is 17.2 Å². The van der Waals surface area contributed by atoms with Crippen molar-refractivity contribution < 1.29 is 23.6 Å². The molecule has 1 amide bonds. The Kier molecular flexibility index (Phi) is 6.18. The number of amides is 1. The van der Waals surface area contributed by atoms with E-state index < -0.39 is 5.91 Å². The molecule has 184 valence electrons. The molecule has 13 heteroatoms. The van der Waals surface area contributed by atoms with Crippen LogP contribution in [0.15, 0.2) is 52.2 Å². The van der Waals surface area contributed by atoms with E-state index in [2.05, 4.69) is 31.2 Å². The number of aromatic nitrogens is 5. The quantitative estimate of drug-likeness (QED) is 0.277. The molecule has 1 aliphatic rings. The zero-order valence-corrected chi connectivity index (χ0v) is 19.5. The first-order chi connectivity index (χ1) is 17.5. The SMILES string of the molecule is CCCOc1ccc(C(C)=NNC(=O)c2nnn(-c3nonc3N)c2-c2ccc3c(c2)OCO3)cc1. The van der Waals surface area contributed by atoms with Crippen LogP contribution < -0.4 is 25.4 Å². The summed E-state index contributed by atoms with van der Waals surface area (Å²) in [7, 11) is 0. The summed E-state index contributed by atoms with van der Waals surface area (Å²) in [4.78, 5) is 13.1. The van der Waals surface area contributed by atoms with Crippen molar-refractivity contribution in [1.82, 2.24) is 30.7 Å². The van der Waals surface area contributed by atoms with Crippen molar-refractivity contribution in [2.24, 2.45) is 5.10 Å². The summed E-state index contributed by atoms with van der Waals surface area (Å²) in [5.41, 5.74) is 10.6. The number of fused-ring (bicyclic) bond motifs is 1. The van der Waals surface area contributed by atoms with Crippen molar-refractivity contribution in [2.75, 3.05) is 19.1 Å². The van der Waals surface area contributed by atoms with Crippen LogP contribution in [0.2, 0.25) is 0 Å². The molecule has 0 spiro atoms. The summed E-state index contributed by atoms with van der Waals surface area (Å²) in [6.07, 6.45) is 0.924. The van der Waals surface area contributed by atoms with E-state index >= 15 is 0 Å². The topological polar surface area (TPSA) is 165 Å². The van der Waals surface area contributed by atoms with Crippen molar-refractivity contribution in [3.8, 4) is 34.3 Å². The fraction of sp³-hybridized carbons (Fsp3) is 0.217. The highest BCUT2D eigenvalue weighted by molar-refractivity contribution is 6.02. The Balaban J connectivity index is 1.44. The van der Waals surface area contributed by atoms with Crippen LogP contribution in [-0.2, 0) is 0 Å². The van der Waals surface area contributed by atoms with Gasteiger partial charge in [0, 0.05) is 5.56 Å². The van der Waals surface area contributed by atoms with E-state index in [1.54, 1.807) is 25.1 Å². The van der Waals surface area contributed by atoms with Crippen LogP contribution in [0.4, 0.5) is 5.82 Å². The highest BCUT2D eigenvalue weighted by Crippen LogP contribution is 2.37. The van der Waals surface area contributed by atoms with E-state index in [0.29, 0.717) is 35.1 Å². The van der Waals surface area contributed by atoms with E-state index in [4.69, 9.17) is 24.6 Å². The maximum atomic E-state index is 13.1. The van der Waals surface area contributed by atoms with E-state index in [1.807, 2.05) is 31.2 Å². The third-order valence-electron chi connectivity index (χ3n) is 5.30. The summed E-state index contributed by atoms with van der Waals surface area (Å²) in [6, 6.07) is 12.6. The monoisotopic (exact) mass is 490 g/mol. The lowest BCUT2D eigenvalue weighted by atomic mass is 10.1. The normalized spacial score (nSPS) is 12.6. The van der Waals surface area contributed by atoms with Gasteiger partial charge in [-0.2, -0.15) is 9.78 Å². The predicted molar refractivity (Wildman–Crippen MR) is 127 cm³/mol. The molecule has 0 aliphatic carbocycles. The number of ether oxygens (including phenoxy) is 3. The smallest absolute Gasteiger partial charge is 0.294 e. The van der Waals surface area contributed by atoms with Gasteiger partial charge in [-0.05, 0) is 71.7 Å². The van der Waals surface area contributed by atoms with Gasteiger partial charge < -0.3 is 19.9 Å². The first-order valence-corrected chi connectivity index (χ1v) is 11.1. The minimum absolute atomic E-state index is 0.0175. The first-order valence-electron chi connectivity index (χ1n) is 11.1. The van der Waals surface area contributed by atoms with Gasteiger partial charge in [-0.1, -0.05) is 12.1 Å². The number of anilines is 1. The largest absolute Gasteiger partial charge is 0.494 e. The molecule has 0 radical (unpaired) electrons. The molecule has 1 aliphatic heterocycles. The number of nitrogens with one attached hydrogen (secondary N) is 1. The number of carbonyl (C=O) groups is 1. The highest BCUT2D eigenvalue weighted by atomic mass is 16.7. The Hall–Kier alpha value is -4.94. The van der Waals surface area contributed by atoms with Gasteiger partial charge >= 0.3 is 0 Å². The summed E-state index contributed by atoms with van der Waals surface area (Å²) < 4.78 is 22.4. The Bertz CT molecular complexity index is 1430. The zero-order valence-electron chi connectivity index (χ0n) is 19.5. The van der Waals surface area contributed by atoms with Gasteiger partial charge in [0.1, 0.15) is 11.4 Å². The minimum Gasteiger partial charge on any atom is -0.494 e. The molecule has 2 aromatic carbocycles. The second kappa shape index (κ2) is 9.74. The lowest BCUT2D eigenvalue weighted by molar-refractivity contribution is 0.0950. The second-order valence-corrected chi connectivity index (χ2v) is 7.75. The molecule has 0 bridgehead atoms. The molecule has 13 nitrogen and oxygen atoms in total. The molecule has 3 heterocycles. The number of benzene rings is 2. The van der Waals surface area contributed by atoms with E-state index in [-0.39, 0.29) is 24.1 Å². The molecule has 0 unspecified atom stereocenters. The molecule has 2 aromatic heterocycles. The van der Waals surface area contributed by atoms with Gasteiger partial charge in [-0.25, -0.2) is 10.1 Å². The Morgan fingerprint density at radius 1 is 1.17 bits per heavy atom. The van der Waals surface area contributed by atoms with E-state index in [9.17, 15) is 4.79 Å². The summed E-state index contributed by atoms with van der Waals surface area (Å²) in [5, 5.41) is 19.7. The third kappa shape index (κ3) is 4.41. The Labute approximate surface area is 204 Å². The molecule has 0 atom stereocenters. The lowest BCUT2D eigenvalue weighted by Gasteiger charge is -2.08. The number of hydrogen-bond acceptors (Lipinski definition) is 11. The third-order valence-corrected chi connectivity index (χ3v) is 5.30. The van der Waals surface area contributed by atoms with Crippen molar-refractivity contribution in [3.05, 3.63) is 53.7 Å². The molecule has 0 fully saturated rings. The lowest BCUT2D eigenvalue weighted by Crippen LogP contribution is -2.21. The number of nitrogens with two attached hydrogens (primary N) is 1. The number of hydrazone groups is 1. The van der Waals surface area contributed by atoms with E-state index in [0.717, 1.165) is 17.7 Å². The Morgan fingerprint density at radius 3 is 2.72 bits per heavy atom. The molecule has 0 saturated carbocycles. The van der Waals surface area contributed by atoms with Crippen molar-refractivity contribution >= 4 is 17.4 Å². The van der Waals surface area contributed by atoms with Crippen molar-refractivity contribution in [3.63, 3.8) is 0 Å². The number of nitrogen functional groups attached to an aromatic ring is 1. The van der Waals surface area contributed by atoms with Crippen LogP contribution >= 0.6 is 0 Å². The van der Waals surface area contributed by atoms with Gasteiger partial charge in [-0.3, -0.25) is 4.79 Å². The predicted octanol–water partition coefficient (Wildman–Crippen LogP) is 2.57. The first kappa shape index (κ1) is 22.8. The van der Waals surface area contributed by atoms with Crippen LogP contribution in [0, 0.1) is 0 Å². The second-order valence-electron chi connectivity index (χ2n) is 7.75. The van der Waals surface area contributed by atoms with Crippen LogP contribution in [0.3, 0.4) is 0 Å². The van der Waals surface area contributed by atoms with Crippen molar-refractivity contribution in [1.29, 1.82) is 0 Å². The van der Waals surface area contributed by atoms with Gasteiger partial charge in [0.25, 0.3) is 5.91 Å². The number of carbonyl (C=O) groups excluding carboxylic acids is 1. The molecule has 4 aromatic rings. The number of nitrogens with zero attached hydrogens (tertiary/aromatic N) is 6. The highest BCUT2D eigenvalue weighted by Gasteiger charge is 2.27. The Morgan fingerprint density at radius 2 is 1.97 bits per heavy atom. The summed E-state index contributed by atoms with van der Waals surface area (Å²) in [6.45, 7) is 4.57. The average molecular weight is 490 g/mol. The van der Waals surface area contributed by atoms with Crippen LogP contribution in [-0.4, -0.2) is 50.3 Å². The molecule has 3 N–H and O–H groups in total. The molecule has 0 saturated heterocycles. The van der Waals surface area contributed by atoms with Gasteiger partial charge in [0.2, 0.25) is 18.4 Å². The minimum atomic E-state index is -0.591. The maximum Gasteiger partial charge on any atom is 0.294 e. The number of hydrogen-bond donors (Lipinski definition) is 2. The van der Waals surface area contributed by atoms with Crippen molar-refractivity contribution in [2.45, 2.75) is 20.3 Å². The van der Waals surface area contributed by atoms with Crippen LogP contribution in [0.1, 0.15) is 36.3 Å². The molecular weight excluding hydrogens is 468 g/mol. The van der Waals surface area contributed by atoms with Crippen LogP contribution in [0.25, 0.3) is 17.1 Å². The van der Waals surface area contributed by atoms with E-state index in [1.165, 1.54) is 4.68 Å². The maximum absolute atomic E-state index is 13.1. The average Bonchev–Trinajstić information content (AvgIpc) is 3.64. The standard InChI is InChI=1S/C23H22N8O5/c1-3-10-33-16-7-4-14(5-8-16)13(2)25-27-23(32)19-20(15-6-9-17-18(11-15)35-12-34-17)31(30-26-19)22-21(24)28-36-29-22/h4-9,11H,3,10,12H2,1-2H3,(H2,24,28)(H,27,32). The summed E-state index contributed by atoms with van der Waals surface area (Å²) in [5.74, 6) is 1.33. The molecular formula is C23H22N8O5. The number of rotatable bonds is 8. The van der Waals surface area contributed by atoms with Gasteiger partial charge in [0.05, 0.1) is 12.3 Å². The van der Waals surface area contributed by atoms with Gasteiger partial charge in [-0.15, -0.1) is 5.10 Å². The van der Waals surface area contributed by atoms with Crippen LogP contribution in [0.5, 0.6) is 17.2 Å². The summed E-state index contributed by atoms with van der Waals surface area (Å²) >= 11 is 0. The molecule has 36 heavy (non-hydrogen) atoms. The molecule has 5 rings (SSSR count). The fourth-order valence-electron chi connectivity index (χ4n) is 3.49. The zero-order chi connectivity index (χ0) is 25.1. The fourth-order valence-corrected chi connectivity index (χ4v) is 3.49.